The fourth-order valence-corrected chi connectivity index (χ4v) is 5.49. The summed E-state index contributed by atoms with van der Waals surface area (Å²) in [5.74, 6) is 0.726. The smallest absolute Gasteiger partial charge is 0.229 e. The van der Waals surface area contributed by atoms with E-state index in [1.807, 2.05) is 12.1 Å². The molecule has 4 aromatic rings. The Balaban J connectivity index is 1.75. The quantitative estimate of drug-likeness (QED) is 0.428. The molecule has 0 atom stereocenters. The van der Waals surface area contributed by atoms with Crippen LogP contribution in [0.5, 0.6) is 0 Å². The Morgan fingerprint density at radius 1 is 1.03 bits per heavy atom. The summed E-state index contributed by atoms with van der Waals surface area (Å²) < 4.78 is 33.7. The molecule has 0 bridgehead atoms. The molecule has 0 radical (unpaired) electrons. The lowest BCUT2D eigenvalue weighted by Crippen LogP contribution is -2.36. The van der Waals surface area contributed by atoms with Gasteiger partial charge in [-0.05, 0) is 44.2 Å². The van der Waals surface area contributed by atoms with Gasteiger partial charge in [-0.2, -0.15) is 4.52 Å². The van der Waals surface area contributed by atoms with Crippen LogP contribution >= 0.6 is 0 Å². The molecule has 1 aliphatic rings. The van der Waals surface area contributed by atoms with Crippen molar-refractivity contribution in [1.82, 2.24) is 19.8 Å². The van der Waals surface area contributed by atoms with E-state index in [9.17, 15) is 8.42 Å². The normalized spacial score (nSPS) is 14.8. The van der Waals surface area contributed by atoms with E-state index in [1.54, 1.807) is 30.3 Å². The van der Waals surface area contributed by atoms with Crippen LogP contribution in [0.1, 0.15) is 13.8 Å². The maximum absolute atomic E-state index is 13.3. The number of hydrogen-bond acceptors (Lipinski definition) is 8. The molecule has 0 aliphatic carbocycles. The van der Waals surface area contributed by atoms with Gasteiger partial charge in [0.25, 0.3) is 0 Å². The fourth-order valence-electron chi connectivity index (χ4n) is 4.24. The number of nitrogens with zero attached hydrogens (tertiary/aromatic N) is 6. The molecule has 33 heavy (non-hydrogen) atoms. The molecule has 2 aromatic heterocycles. The van der Waals surface area contributed by atoms with Gasteiger partial charge in [0.15, 0.2) is 5.65 Å². The Bertz CT molecular complexity index is 1390. The molecule has 0 N–H and O–H groups in total. The zero-order valence-corrected chi connectivity index (χ0v) is 19.5. The minimum atomic E-state index is -3.87. The van der Waals surface area contributed by atoms with Crippen molar-refractivity contribution in [2.45, 2.75) is 23.8 Å². The van der Waals surface area contributed by atoms with Gasteiger partial charge < -0.3 is 14.5 Å². The van der Waals surface area contributed by atoms with E-state index < -0.39 is 9.84 Å². The van der Waals surface area contributed by atoms with Crippen molar-refractivity contribution in [3.63, 3.8) is 0 Å². The fraction of sp³-hybridized carbons (Fsp3) is 0.348. The first kappa shape index (κ1) is 21.6. The molecule has 1 aliphatic heterocycles. The van der Waals surface area contributed by atoms with Gasteiger partial charge in [-0.1, -0.05) is 23.4 Å². The molecule has 0 amide bonds. The number of hydrogen-bond donors (Lipinski definition) is 0. The lowest BCUT2D eigenvalue weighted by molar-refractivity contribution is 0.122. The maximum atomic E-state index is 13.3. The number of sulfone groups is 1. The molecule has 5 rings (SSSR count). The van der Waals surface area contributed by atoms with Crippen LogP contribution in [0.4, 0.5) is 11.5 Å². The summed E-state index contributed by atoms with van der Waals surface area (Å²) >= 11 is 0. The first-order valence-corrected chi connectivity index (χ1v) is 12.6. The van der Waals surface area contributed by atoms with Crippen LogP contribution in [0.25, 0.3) is 16.6 Å². The molecular formula is C23H26N6O3S. The van der Waals surface area contributed by atoms with E-state index in [-0.39, 0.29) is 15.6 Å². The van der Waals surface area contributed by atoms with Crippen LogP contribution in [0.15, 0.2) is 58.5 Å². The van der Waals surface area contributed by atoms with Crippen molar-refractivity contribution in [3.05, 3.63) is 48.5 Å². The van der Waals surface area contributed by atoms with E-state index in [2.05, 4.69) is 40.0 Å². The van der Waals surface area contributed by atoms with Crippen LogP contribution in [0.3, 0.4) is 0 Å². The topological polar surface area (TPSA) is 92.9 Å². The second-order valence-electron chi connectivity index (χ2n) is 7.86. The Morgan fingerprint density at radius 2 is 1.76 bits per heavy atom. The van der Waals surface area contributed by atoms with Crippen molar-refractivity contribution in [3.8, 4) is 0 Å². The molecule has 10 heteroatoms. The molecule has 3 heterocycles. The van der Waals surface area contributed by atoms with Crippen molar-refractivity contribution in [2.24, 2.45) is 0 Å². The van der Waals surface area contributed by atoms with E-state index in [0.29, 0.717) is 13.2 Å². The molecule has 9 nitrogen and oxygen atoms in total. The molecule has 1 fully saturated rings. The summed E-state index contributed by atoms with van der Waals surface area (Å²) in [7, 11) is -3.87. The Labute approximate surface area is 192 Å². The van der Waals surface area contributed by atoms with Crippen LogP contribution in [0.2, 0.25) is 0 Å². The lowest BCUT2D eigenvalue weighted by atomic mass is 10.1. The summed E-state index contributed by atoms with van der Waals surface area (Å²) in [5, 5.41) is 9.05. The standard InChI is InChI=1S/C23H26N6O3S/c1-3-27(4-2)21-19-16-17(28-12-14-32-15-13-28)10-11-20(19)29-22(24-21)23(25-26-29)33(30,31)18-8-6-5-7-9-18/h5-11,16H,3-4,12-15H2,1-2H3. The molecule has 1 saturated heterocycles. The first-order chi connectivity index (χ1) is 16.0. The number of benzene rings is 2. The molecule has 0 unspecified atom stereocenters. The van der Waals surface area contributed by atoms with Crippen LogP contribution in [0, 0.1) is 0 Å². The second kappa shape index (κ2) is 8.60. The van der Waals surface area contributed by atoms with Gasteiger partial charge in [0.2, 0.25) is 14.9 Å². The van der Waals surface area contributed by atoms with Crippen LogP contribution in [-0.2, 0) is 14.6 Å². The van der Waals surface area contributed by atoms with Crippen LogP contribution in [-0.4, -0.2) is 67.6 Å². The van der Waals surface area contributed by atoms with Crippen molar-refractivity contribution in [2.75, 3.05) is 49.2 Å². The molecule has 2 aromatic carbocycles. The molecular weight excluding hydrogens is 440 g/mol. The van der Waals surface area contributed by atoms with Gasteiger partial charge in [0, 0.05) is 37.3 Å². The maximum Gasteiger partial charge on any atom is 0.229 e. The largest absolute Gasteiger partial charge is 0.378 e. The third-order valence-corrected chi connectivity index (χ3v) is 7.69. The van der Waals surface area contributed by atoms with Gasteiger partial charge in [-0.15, -0.1) is 5.10 Å². The monoisotopic (exact) mass is 466 g/mol. The Kier molecular flexibility index (Phi) is 5.63. The number of ether oxygens (including phenoxy) is 1. The van der Waals surface area contributed by atoms with Gasteiger partial charge in [0.05, 0.1) is 23.6 Å². The third kappa shape index (κ3) is 3.68. The number of rotatable bonds is 6. The zero-order chi connectivity index (χ0) is 23.0. The average molecular weight is 467 g/mol. The SMILES string of the molecule is CCN(CC)c1nc2c(S(=O)(=O)c3ccccc3)nnn2c2ccc(N3CCOCC3)cc12. The minimum Gasteiger partial charge on any atom is -0.378 e. The highest BCUT2D eigenvalue weighted by molar-refractivity contribution is 7.91. The van der Waals surface area contributed by atoms with Crippen molar-refractivity contribution >= 4 is 37.9 Å². The lowest BCUT2D eigenvalue weighted by Gasteiger charge is -2.29. The number of fused-ring (bicyclic) bond motifs is 3. The summed E-state index contributed by atoms with van der Waals surface area (Å²) in [6, 6.07) is 14.4. The molecule has 0 saturated carbocycles. The second-order valence-corrected chi connectivity index (χ2v) is 9.72. The summed E-state index contributed by atoms with van der Waals surface area (Å²) in [5.41, 5.74) is 2.07. The number of aromatic nitrogens is 4. The van der Waals surface area contributed by atoms with E-state index in [0.717, 1.165) is 48.6 Å². The Morgan fingerprint density at radius 3 is 2.45 bits per heavy atom. The third-order valence-electron chi connectivity index (χ3n) is 6.03. The van der Waals surface area contributed by atoms with Gasteiger partial charge in [-0.3, -0.25) is 0 Å². The van der Waals surface area contributed by atoms with Gasteiger partial charge >= 0.3 is 0 Å². The van der Waals surface area contributed by atoms with E-state index in [4.69, 9.17) is 9.72 Å². The summed E-state index contributed by atoms with van der Waals surface area (Å²) in [4.78, 5) is 9.40. The minimum absolute atomic E-state index is 0.138. The molecule has 0 spiro atoms. The Hall–Kier alpha value is -3.24. The summed E-state index contributed by atoms with van der Waals surface area (Å²) in [6.45, 7) is 8.63. The first-order valence-electron chi connectivity index (χ1n) is 11.1. The summed E-state index contributed by atoms with van der Waals surface area (Å²) in [6.07, 6.45) is 0. The highest BCUT2D eigenvalue weighted by atomic mass is 32.2. The highest BCUT2D eigenvalue weighted by Crippen LogP contribution is 2.32. The number of morpholine rings is 1. The van der Waals surface area contributed by atoms with Gasteiger partial charge in [-0.25, -0.2) is 13.4 Å². The van der Waals surface area contributed by atoms with E-state index in [1.165, 1.54) is 4.52 Å². The predicted octanol–water partition coefficient (Wildman–Crippen LogP) is 2.79. The zero-order valence-electron chi connectivity index (χ0n) is 18.7. The number of anilines is 2. The van der Waals surface area contributed by atoms with Crippen molar-refractivity contribution < 1.29 is 13.2 Å². The molecule has 172 valence electrons. The van der Waals surface area contributed by atoms with E-state index >= 15 is 0 Å². The van der Waals surface area contributed by atoms with Crippen LogP contribution < -0.4 is 9.80 Å². The highest BCUT2D eigenvalue weighted by Gasteiger charge is 2.28. The van der Waals surface area contributed by atoms with Gasteiger partial charge in [0.1, 0.15) is 5.82 Å². The van der Waals surface area contributed by atoms with Crippen molar-refractivity contribution in [1.29, 1.82) is 0 Å². The average Bonchev–Trinajstić information content (AvgIpc) is 3.30. The predicted molar refractivity (Wildman–Crippen MR) is 127 cm³/mol.